The van der Waals surface area contributed by atoms with Gasteiger partial charge in [-0.15, -0.1) is 0 Å². The fourth-order valence-corrected chi connectivity index (χ4v) is 2.60. The second-order valence-corrected chi connectivity index (χ2v) is 6.79. The fourth-order valence-electron chi connectivity index (χ4n) is 2.60. The Labute approximate surface area is 116 Å². The molecule has 1 aliphatic carbocycles. The molecule has 0 unspecified atom stereocenters. The fraction of sp³-hybridized carbons (Fsp3) is 0.444. The van der Waals surface area contributed by atoms with E-state index in [1.165, 1.54) is 5.57 Å². The van der Waals surface area contributed by atoms with Crippen molar-refractivity contribution in [1.82, 2.24) is 0 Å². The normalized spacial score (nSPS) is 27.3. The smallest absolute Gasteiger partial charge is 0.0971 e. The lowest BCUT2D eigenvalue weighted by molar-refractivity contribution is 0.0287. The van der Waals surface area contributed by atoms with Gasteiger partial charge in [-0.2, -0.15) is 0 Å². The van der Waals surface area contributed by atoms with Crippen LogP contribution in [-0.2, 0) is 5.60 Å². The van der Waals surface area contributed by atoms with E-state index in [1.807, 2.05) is 25.1 Å². The molecule has 0 radical (unpaired) electrons. The van der Waals surface area contributed by atoms with Gasteiger partial charge < -0.3 is 5.11 Å². The lowest BCUT2D eigenvalue weighted by atomic mass is 9.73. The molecule has 0 amide bonds. The average Bonchev–Trinajstić information content (AvgIpc) is 2.31. The van der Waals surface area contributed by atoms with Crippen molar-refractivity contribution in [2.45, 2.75) is 40.2 Å². The monoisotopic (exact) mass is 256 g/mol. The van der Waals surface area contributed by atoms with E-state index in [-0.39, 0.29) is 11.3 Å². The van der Waals surface area contributed by atoms with Gasteiger partial charge in [-0.3, -0.25) is 0 Å². The van der Waals surface area contributed by atoms with Crippen LogP contribution in [0, 0.1) is 11.3 Å². The van der Waals surface area contributed by atoms with Gasteiger partial charge in [0.05, 0.1) is 5.60 Å². The Morgan fingerprint density at radius 3 is 2.47 bits per heavy atom. The molecule has 1 N–H and O–H groups in total. The van der Waals surface area contributed by atoms with Crippen LogP contribution < -0.4 is 0 Å². The Balaban J connectivity index is 2.45. The van der Waals surface area contributed by atoms with Crippen molar-refractivity contribution < 1.29 is 5.11 Å². The van der Waals surface area contributed by atoms with E-state index < -0.39 is 5.60 Å². The summed E-state index contributed by atoms with van der Waals surface area (Å²) in [5.74, 6) is 0.0293. The van der Waals surface area contributed by atoms with E-state index >= 15 is 0 Å². The Morgan fingerprint density at radius 2 is 1.84 bits per heavy atom. The summed E-state index contributed by atoms with van der Waals surface area (Å²) in [6.45, 7) is 10.5. The SMILES string of the molecule is CC1=C[C@H](/C=C/C(C)(C)C)[C@](C)(O)c2ccccc21. The lowest BCUT2D eigenvalue weighted by Gasteiger charge is -2.36. The summed E-state index contributed by atoms with van der Waals surface area (Å²) in [6.07, 6.45) is 6.49. The molecule has 0 heterocycles. The number of allylic oxidation sites excluding steroid dienone is 2. The molecule has 0 saturated heterocycles. The molecule has 0 aromatic heterocycles. The zero-order valence-corrected chi connectivity index (χ0v) is 12.6. The van der Waals surface area contributed by atoms with Crippen LogP contribution in [0.25, 0.3) is 5.57 Å². The van der Waals surface area contributed by atoms with Gasteiger partial charge in [0.1, 0.15) is 0 Å². The molecule has 2 rings (SSSR count). The molecule has 0 saturated carbocycles. The molecule has 1 aromatic carbocycles. The molecular formula is C18H24O. The van der Waals surface area contributed by atoms with Gasteiger partial charge in [0, 0.05) is 5.92 Å². The first-order valence-corrected chi connectivity index (χ1v) is 6.92. The maximum absolute atomic E-state index is 10.9. The highest BCUT2D eigenvalue weighted by molar-refractivity contribution is 5.70. The summed E-state index contributed by atoms with van der Waals surface area (Å²) in [5, 5.41) is 10.9. The van der Waals surface area contributed by atoms with Crippen LogP contribution in [0.3, 0.4) is 0 Å². The minimum Gasteiger partial charge on any atom is -0.384 e. The second kappa shape index (κ2) is 4.64. The van der Waals surface area contributed by atoms with Crippen LogP contribution in [0.5, 0.6) is 0 Å². The third-order valence-electron chi connectivity index (χ3n) is 3.78. The van der Waals surface area contributed by atoms with Crippen LogP contribution in [0.4, 0.5) is 0 Å². The van der Waals surface area contributed by atoms with Crippen LogP contribution in [0.2, 0.25) is 0 Å². The van der Waals surface area contributed by atoms with Crippen molar-refractivity contribution in [3.05, 3.63) is 53.6 Å². The maximum Gasteiger partial charge on any atom is 0.0971 e. The van der Waals surface area contributed by atoms with Crippen molar-refractivity contribution >= 4 is 5.57 Å². The molecule has 0 bridgehead atoms. The van der Waals surface area contributed by atoms with Crippen LogP contribution in [0.15, 0.2) is 42.5 Å². The number of hydrogen-bond acceptors (Lipinski definition) is 1. The number of benzene rings is 1. The average molecular weight is 256 g/mol. The quantitative estimate of drug-likeness (QED) is 0.732. The zero-order chi connectivity index (χ0) is 14.3. The van der Waals surface area contributed by atoms with E-state index in [0.717, 1.165) is 11.1 Å². The van der Waals surface area contributed by atoms with E-state index in [0.29, 0.717) is 0 Å². The summed E-state index contributed by atoms with van der Waals surface area (Å²) < 4.78 is 0. The number of aliphatic hydroxyl groups is 1. The summed E-state index contributed by atoms with van der Waals surface area (Å²) in [5.41, 5.74) is 2.73. The molecule has 19 heavy (non-hydrogen) atoms. The van der Waals surface area contributed by atoms with Gasteiger partial charge in [0.25, 0.3) is 0 Å². The van der Waals surface area contributed by atoms with E-state index in [2.05, 4.69) is 52.0 Å². The molecule has 1 aliphatic rings. The molecule has 2 atom stereocenters. The standard InChI is InChI=1S/C18H24O/c1-13-12-14(10-11-17(2,3)4)18(5,19)16-9-7-6-8-15(13)16/h6-12,14,19H,1-5H3/b11-10+/t14-,18-/m0/s1. The molecule has 1 aromatic rings. The number of hydrogen-bond donors (Lipinski definition) is 1. The predicted octanol–water partition coefficient (Wildman–Crippen LogP) is 4.53. The Hall–Kier alpha value is -1.34. The van der Waals surface area contributed by atoms with E-state index in [4.69, 9.17) is 0 Å². The topological polar surface area (TPSA) is 20.2 Å². The van der Waals surface area contributed by atoms with Gasteiger partial charge in [0.15, 0.2) is 0 Å². The molecule has 0 spiro atoms. The first kappa shape index (κ1) is 14.1. The van der Waals surface area contributed by atoms with Crippen molar-refractivity contribution in [3.63, 3.8) is 0 Å². The third-order valence-corrected chi connectivity index (χ3v) is 3.78. The molecule has 0 fully saturated rings. The second-order valence-electron chi connectivity index (χ2n) is 6.79. The van der Waals surface area contributed by atoms with Crippen molar-refractivity contribution in [2.24, 2.45) is 11.3 Å². The van der Waals surface area contributed by atoms with Gasteiger partial charge in [-0.05, 0) is 36.0 Å². The van der Waals surface area contributed by atoms with Gasteiger partial charge in [0.2, 0.25) is 0 Å². The van der Waals surface area contributed by atoms with Gasteiger partial charge in [-0.25, -0.2) is 0 Å². The minimum absolute atomic E-state index is 0.0293. The summed E-state index contributed by atoms with van der Waals surface area (Å²) in [6, 6.07) is 8.14. The van der Waals surface area contributed by atoms with Crippen molar-refractivity contribution in [3.8, 4) is 0 Å². The van der Waals surface area contributed by atoms with Crippen LogP contribution in [0.1, 0.15) is 45.7 Å². The number of fused-ring (bicyclic) bond motifs is 1. The summed E-state index contributed by atoms with van der Waals surface area (Å²) >= 11 is 0. The van der Waals surface area contributed by atoms with Gasteiger partial charge in [-0.1, -0.05) is 63.3 Å². The predicted molar refractivity (Wildman–Crippen MR) is 81.7 cm³/mol. The first-order chi connectivity index (χ1) is 8.72. The highest BCUT2D eigenvalue weighted by Gasteiger charge is 2.36. The summed E-state index contributed by atoms with van der Waals surface area (Å²) in [4.78, 5) is 0. The largest absolute Gasteiger partial charge is 0.384 e. The lowest BCUT2D eigenvalue weighted by Crippen LogP contribution is -2.33. The van der Waals surface area contributed by atoms with E-state index in [9.17, 15) is 5.11 Å². The summed E-state index contributed by atoms with van der Waals surface area (Å²) in [7, 11) is 0. The first-order valence-electron chi connectivity index (χ1n) is 6.92. The van der Waals surface area contributed by atoms with Crippen LogP contribution >= 0.6 is 0 Å². The minimum atomic E-state index is -0.835. The Morgan fingerprint density at radius 1 is 1.21 bits per heavy atom. The van der Waals surface area contributed by atoms with Crippen LogP contribution in [-0.4, -0.2) is 5.11 Å². The molecule has 102 valence electrons. The van der Waals surface area contributed by atoms with Crippen molar-refractivity contribution in [1.29, 1.82) is 0 Å². The Bertz CT molecular complexity index is 527. The molecule has 1 heteroatoms. The number of rotatable bonds is 1. The Kier molecular flexibility index (Phi) is 3.44. The molecule has 1 nitrogen and oxygen atoms in total. The van der Waals surface area contributed by atoms with Gasteiger partial charge >= 0.3 is 0 Å². The maximum atomic E-state index is 10.9. The molecule has 0 aliphatic heterocycles. The highest BCUT2D eigenvalue weighted by atomic mass is 16.3. The van der Waals surface area contributed by atoms with Crippen molar-refractivity contribution in [2.75, 3.05) is 0 Å². The molecular weight excluding hydrogens is 232 g/mol. The van der Waals surface area contributed by atoms with E-state index in [1.54, 1.807) is 0 Å². The zero-order valence-electron chi connectivity index (χ0n) is 12.6. The third kappa shape index (κ3) is 2.82. The highest BCUT2D eigenvalue weighted by Crippen LogP contribution is 2.41.